The van der Waals surface area contributed by atoms with E-state index in [4.69, 9.17) is 0 Å². The monoisotopic (exact) mass is 389 g/mol. The van der Waals surface area contributed by atoms with Crippen molar-refractivity contribution in [3.8, 4) is 0 Å². The minimum atomic E-state index is -0.552. The average Bonchev–Trinajstić information content (AvgIpc) is 2.77. The smallest absolute Gasteiger partial charge is 0.269 e. The summed E-state index contributed by atoms with van der Waals surface area (Å²) < 4.78 is 0. The van der Waals surface area contributed by atoms with E-state index in [0.29, 0.717) is 0 Å². The molecule has 2 N–H and O–H groups in total. The summed E-state index contributed by atoms with van der Waals surface area (Å²) in [4.78, 5) is 34.8. The number of carbonyl (C=O) groups is 2. The molecule has 0 atom stereocenters. The van der Waals surface area contributed by atoms with E-state index < -0.39 is 10.8 Å². The highest BCUT2D eigenvalue weighted by molar-refractivity contribution is 5.95. The number of nitro benzene ring substituents is 1. The normalized spacial score (nSPS) is 10.4. The number of amides is 2. The molecule has 3 aromatic rings. The number of rotatable bonds is 6. The first-order valence-electron chi connectivity index (χ1n) is 8.98. The highest BCUT2D eigenvalue weighted by Crippen LogP contribution is 2.27. The first-order chi connectivity index (χ1) is 14.0. The van der Waals surface area contributed by atoms with Gasteiger partial charge in [0, 0.05) is 30.0 Å². The summed E-state index contributed by atoms with van der Waals surface area (Å²) in [5.41, 5.74) is 6.85. The second-order valence-electron chi connectivity index (χ2n) is 6.38. The molecule has 0 saturated heterocycles. The number of hydrogen-bond acceptors (Lipinski definition) is 4. The van der Waals surface area contributed by atoms with Crippen molar-refractivity contribution in [1.82, 2.24) is 10.9 Å². The van der Waals surface area contributed by atoms with Crippen LogP contribution in [0.1, 0.15) is 33.8 Å². The molecular weight excluding hydrogens is 370 g/mol. The Balaban J connectivity index is 1.64. The summed E-state index contributed by atoms with van der Waals surface area (Å²) in [5, 5.41) is 10.7. The van der Waals surface area contributed by atoms with Crippen LogP contribution in [0.5, 0.6) is 0 Å². The maximum atomic E-state index is 12.5. The first-order valence-corrected chi connectivity index (χ1v) is 8.98. The van der Waals surface area contributed by atoms with E-state index >= 15 is 0 Å². The first kappa shape index (κ1) is 19.8. The standard InChI is InChI=1S/C22H19N3O4/c26-21(23-24-22(27)18-11-13-19(14-12-18)25(28)29)15-20(16-7-3-1-4-8-16)17-9-5-2-6-10-17/h1-14,20H,15H2,(H,23,26)(H,24,27). The van der Waals surface area contributed by atoms with Crippen molar-refractivity contribution in [2.24, 2.45) is 0 Å². The van der Waals surface area contributed by atoms with Crippen LogP contribution in [0.15, 0.2) is 84.9 Å². The van der Waals surface area contributed by atoms with Crippen molar-refractivity contribution < 1.29 is 14.5 Å². The van der Waals surface area contributed by atoms with E-state index in [9.17, 15) is 19.7 Å². The predicted octanol–water partition coefficient (Wildman–Crippen LogP) is 3.58. The zero-order valence-electron chi connectivity index (χ0n) is 15.4. The second kappa shape index (κ2) is 9.27. The van der Waals surface area contributed by atoms with E-state index in [1.165, 1.54) is 24.3 Å². The molecule has 0 bridgehead atoms. The topological polar surface area (TPSA) is 101 Å². The number of nitrogens with zero attached hydrogens (tertiary/aromatic N) is 1. The Morgan fingerprint density at radius 2 is 1.31 bits per heavy atom. The highest BCUT2D eigenvalue weighted by atomic mass is 16.6. The zero-order valence-corrected chi connectivity index (χ0v) is 15.4. The lowest BCUT2D eigenvalue weighted by molar-refractivity contribution is -0.384. The fraction of sp³-hybridized carbons (Fsp3) is 0.0909. The summed E-state index contributed by atoms with van der Waals surface area (Å²) in [6.07, 6.45) is 0.147. The molecule has 146 valence electrons. The Labute approximate surface area is 167 Å². The van der Waals surface area contributed by atoms with Crippen LogP contribution in [0.3, 0.4) is 0 Å². The summed E-state index contributed by atoms with van der Waals surface area (Å²) >= 11 is 0. The Hall–Kier alpha value is -4.00. The zero-order chi connectivity index (χ0) is 20.6. The third-order valence-corrected chi connectivity index (χ3v) is 4.45. The van der Waals surface area contributed by atoms with E-state index in [0.717, 1.165) is 11.1 Å². The number of nitrogens with one attached hydrogen (secondary N) is 2. The lowest BCUT2D eigenvalue weighted by Gasteiger charge is -2.18. The lowest BCUT2D eigenvalue weighted by atomic mass is 9.88. The van der Waals surface area contributed by atoms with Gasteiger partial charge in [-0.3, -0.25) is 30.6 Å². The van der Waals surface area contributed by atoms with Crippen molar-refractivity contribution in [2.75, 3.05) is 0 Å². The van der Waals surface area contributed by atoms with Gasteiger partial charge in [-0.25, -0.2) is 0 Å². The number of hydrazine groups is 1. The number of hydrogen-bond donors (Lipinski definition) is 2. The number of benzene rings is 3. The molecule has 7 nitrogen and oxygen atoms in total. The minimum Gasteiger partial charge on any atom is -0.273 e. The van der Waals surface area contributed by atoms with E-state index in [2.05, 4.69) is 10.9 Å². The van der Waals surface area contributed by atoms with Gasteiger partial charge in [0.25, 0.3) is 11.6 Å². The largest absolute Gasteiger partial charge is 0.273 e. The van der Waals surface area contributed by atoms with Crippen LogP contribution >= 0.6 is 0 Å². The van der Waals surface area contributed by atoms with Gasteiger partial charge in [0.2, 0.25) is 5.91 Å². The maximum Gasteiger partial charge on any atom is 0.269 e. The Morgan fingerprint density at radius 3 is 1.79 bits per heavy atom. The molecule has 0 aromatic heterocycles. The fourth-order valence-electron chi connectivity index (χ4n) is 2.97. The molecular formula is C22H19N3O4. The van der Waals surface area contributed by atoms with Crippen LogP contribution in [-0.2, 0) is 4.79 Å². The average molecular weight is 389 g/mol. The third kappa shape index (κ3) is 5.26. The van der Waals surface area contributed by atoms with Crippen LogP contribution < -0.4 is 10.9 Å². The molecule has 0 radical (unpaired) electrons. The minimum absolute atomic E-state index is 0.112. The number of non-ortho nitro benzene ring substituents is 1. The van der Waals surface area contributed by atoms with Gasteiger partial charge in [-0.2, -0.15) is 0 Å². The third-order valence-electron chi connectivity index (χ3n) is 4.45. The molecule has 0 saturated carbocycles. The van der Waals surface area contributed by atoms with Crippen molar-refractivity contribution in [1.29, 1.82) is 0 Å². The highest BCUT2D eigenvalue weighted by Gasteiger charge is 2.18. The Bertz CT molecular complexity index is 950. The summed E-state index contributed by atoms with van der Waals surface area (Å²) in [7, 11) is 0. The SMILES string of the molecule is O=C(CC(c1ccccc1)c1ccccc1)NNC(=O)c1ccc([N+](=O)[O-])cc1. The molecule has 0 aliphatic carbocycles. The van der Waals surface area contributed by atoms with Gasteiger partial charge in [0.05, 0.1) is 4.92 Å². The van der Waals surface area contributed by atoms with Gasteiger partial charge in [0.1, 0.15) is 0 Å². The molecule has 0 aliphatic rings. The fourth-order valence-corrected chi connectivity index (χ4v) is 2.97. The van der Waals surface area contributed by atoms with Crippen molar-refractivity contribution in [3.63, 3.8) is 0 Å². The molecule has 3 rings (SSSR count). The molecule has 29 heavy (non-hydrogen) atoms. The molecule has 0 unspecified atom stereocenters. The van der Waals surface area contributed by atoms with Crippen molar-refractivity contribution in [2.45, 2.75) is 12.3 Å². The van der Waals surface area contributed by atoms with Gasteiger partial charge in [-0.05, 0) is 23.3 Å². The van der Waals surface area contributed by atoms with Crippen LogP contribution in [0.4, 0.5) is 5.69 Å². The van der Waals surface area contributed by atoms with Crippen LogP contribution in [0.25, 0.3) is 0 Å². The molecule has 0 aliphatic heterocycles. The second-order valence-corrected chi connectivity index (χ2v) is 6.38. The Kier molecular flexibility index (Phi) is 6.32. The van der Waals surface area contributed by atoms with Crippen molar-refractivity contribution in [3.05, 3.63) is 112 Å². The van der Waals surface area contributed by atoms with Gasteiger partial charge in [0.15, 0.2) is 0 Å². The quantitative estimate of drug-likeness (QED) is 0.497. The van der Waals surface area contributed by atoms with Crippen molar-refractivity contribution >= 4 is 17.5 Å². The summed E-state index contributed by atoms with van der Waals surface area (Å²) in [6.45, 7) is 0. The Morgan fingerprint density at radius 1 is 0.793 bits per heavy atom. The molecule has 3 aromatic carbocycles. The number of nitro groups is 1. The van der Waals surface area contributed by atoms with Gasteiger partial charge < -0.3 is 0 Å². The van der Waals surface area contributed by atoms with E-state index in [-0.39, 0.29) is 29.5 Å². The predicted molar refractivity (Wildman–Crippen MR) is 108 cm³/mol. The van der Waals surface area contributed by atoms with E-state index in [1.807, 2.05) is 60.7 Å². The van der Waals surface area contributed by atoms with Gasteiger partial charge in [-0.15, -0.1) is 0 Å². The molecule has 0 fully saturated rings. The van der Waals surface area contributed by atoms with Crippen LogP contribution in [-0.4, -0.2) is 16.7 Å². The summed E-state index contributed by atoms with van der Waals surface area (Å²) in [5.74, 6) is -1.06. The number of carbonyl (C=O) groups excluding carboxylic acids is 2. The molecule has 7 heteroatoms. The van der Waals surface area contributed by atoms with Crippen LogP contribution in [0, 0.1) is 10.1 Å². The summed E-state index contributed by atoms with van der Waals surface area (Å²) in [6, 6.07) is 24.5. The maximum absolute atomic E-state index is 12.5. The molecule has 2 amide bonds. The van der Waals surface area contributed by atoms with Gasteiger partial charge in [-0.1, -0.05) is 60.7 Å². The van der Waals surface area contributed by atoms with Crippen LogP contribution in [0.2, 0.25) is 0 Å². The van der Waals surface area contributed by atoms with Gasteiger partial charge >= 0.3 is 0 Å². The molecule has 0 heterocycles. The van der Waals surface area contributed by atoms with E-state index in [1.54, 1.807) is 0 Å². The molecule has 0 spiro atoms. The lowest BCUT2D eigenvalue weighted by Crippen LogP contribution is -2.42.